The standard InChI is InChI=1S/C17H19NO4/c1-18-12-8-16(21-4)14(19-2)6-10(12)11-7-15(20-3)17(22-5)9-13(11)18/h6-9H,1-5H3. The number of rotatable bonds is 4. The van der Waals surface area contributed by atoms with E-state index in [0.717, 1.165) is 21.8 Å². The minimum atomic E-state index is 0.706. The minimum Gasteiger partial charge on any atom is -0.493 e. The minimum absolute atomic E-state index is 0.706. The van der Waals surface area contributed by atoms with Gasteiger partial charge in [0, 0.05) is 30.0 Å². The highest BCUT2D eigenvalue weighted by atomic mass is 16.5. The lowest BCUT2D eigenvalue weighted by Crippen LogP contribution is -1.93. The van der Waals surface area contributed by atoms with Gasteiger partial charge in [-0.15, -0.1) is 0 Å². The van der Waals surface area contributed by atoms with Crippen LogP contribution in [0.4, 0.5) is 0 Å². The van der Waals surface area contributed by atoms with Crippen LogP contribution in [0.1, 0.15) is 0 Å². The zero-order valence-electron chi connectivity index (χ0n) is 13.4. The maximum Gasteiger partial charge on any atom is 0.162 e. The van der Waals surface area contributed by atoms with Gasteiger partial charge in [0.1, 0.15) is 0 Å². The van der Waals surface area contributed by atoms with Crippen molar-refractivity contribution in [2.24, 2.45) is 7.05 Å². The normalized spacial score (nSPS) is 11.0. The Morgan fingerprint density at radius 2 is 0.909 bits per heavy atom. The summed E-state index contributed by atoms with van der Waals surface area (Å²) in [4.78, 5) is 0. The summed E-state index contributed by atoms with van der Waals surface area (Å²) in [5.41, 5.74) is 2.12. The number of ether oxygens (including phenoxy) is 4. The highest BCUT2D eigenvalue weighted by Crippen LogP contribution is 2.41. The maximum atomic E-state index is 5.41. The van der Waals surface area contributed by atoms with Crippen LogP contribution in [-0.4, -0.2) is 33.0 Å². The molecule has 0 bridgehead atoms. The third-order valence-electron chi connectivity index (χ3n) is 4.02. The molecule has 5 nitrogen and oxygen atoms in total. The molecule has 0 saturated heterocycles. The first kappa shape index (κ1) is 14.4. The average Bonchev–Trinajstić information content (AvgIpc) is 2.83. The molecule has 116 valence electrons. The molecular weight excluding hydrogens is 282 g/mol. The second kappa shape index (κ2) is 5.33. The van der Waals surface area contributed by atoms with Crippen LogP contribution >= 0.6 is 0 Å². The van der Waals surface area contributed by atoms with Gasteiger partial charge in [-0.3, -0.25) is 0 Å². The molecule has 0 aliphatic carbocycles. The third-order valence-corrected chi connectivity index (χ3v) is 4.02. The van der Waals surface area contributed by atoms with Crippen LogP contribution in [0.25, 0.3) is 21.8 Å². The van der Waals surface area contributed by atoms with Crippen molar-refractivity contribution in [3.63, 3.8) is 0 Å². The summed E-state index contributed by atoms with van der Waals surface area (Å²) in [6.45, 7) is 0. The summed E-state index contributed by atoms with van der Waals surface area (Å²) >= 11 is 0. The predicted octanol–water partition coefficient (Wildman–Crippen LogP) is 3.37. The molecule has 0 fully saturated rings. The summed E-state index contributed by atoms with van der Waals surface area (Å²) in [5.74, 6) is 2.83. The molecule has 3 aromatic rings. The molecule has 22 heavy (non-hydrogen) atoms. The molecular formula is C17H19NO4. The van der Waals surface area contributed by atoms with E-state index >= 15 is 0 Å². The van der Waals surface area contributed by atoms with Crippen LogP contribution in [0.5, 0.6) is 23.0 Å². The van der Waals surface area contributed by atoms with Crippen molar-refractivity contribution in [2.45, 2.75) is 0 Å². The van der Waals surface area contributed by atoms with Crippen molar-refractivity contribution in [1.82, 2.24) is 4.57 Å². The molecule has 0 N–H and O–H groups in total. The zero-order valence-corrected chi connectivity index (χ0v) is 13.4. The Kier molecular flexibility index (Phi) is 3.48. The van der Waals surface area contributed by atoms with E-state index in [-0.39, 0.29) is 0 Å². The number of nitrogens with zero attached hydrogens (tertiary/aromatic N) is 1. The van der Waals surface area contributed by atoms with Crippen molar-refractivity contribution in [3.8, 4) is 23.0 Å². The van der Waals surface area contributed by atoms with E-state index in [1.54, 1.807) is 28.4 Å². The van der Waals surface area contributed by atoms with Crippen molar-refractivity contribution < 1.29 is 18.9 Å². The van der Waals surface area contributed by atoms with Gasteiger partial charge >= 0.3 is 0 Å². The van der Waals surface area contributed by atoms with E-state index in [0.29, 0.717) is 23.0 Å². The summed E-state index contributed by atoms with van der Waals surface area (Å²) in [6.07, 6.45) is 0. The first-order valence-corrected chi connectivity index (χ1v) is 6.90. The fraction of sp³-hybridized carbons (Fsp3) is 0.294. The Balaban J connectivity index is 2.43. The van der Waals surface area contributed by atoms with Gasteiger partial charge in [0.2, 0.25) is 0 Å². The SMILES string of the molecule is COc1cc2c3cc(OC)c(OC)cc3n(C)c2cc1OC. The van der Waals surface area contributed by atoms with Gasteiger partial charge in [-0.25, -0.2) is 0 Å². The Morgan fingerprint density at radius 1 is 0.591 bits per heavy atom. The van der Waals surface area contributed by atoms with Gasteiger partial charge in [0.25, 0.3) is 0 Å². The van der Waals surface area contributed by atoms with Crippen molar-refractivity contribution in [1.29, 1.82) is 0 Å². The molecule has 0 atom stereocenters. The molecule has 1 heterocycles. The second-order valence-electron chi connectivity index (χ2n) is 5.01. The molecule has 0 spiro atoms. The van der Waals surface area contributed by atoms with Gasteiger partial charge in [0.15, 0.2) is 23.0 Å². The number of fused-ring (bicyclic) bond motifs is 3. The molecule has 2 aromatic carbocycles. The molecule has 0 aliphatic rings. The summed E-state index contributed by atoms with van der Waals surface area (Å²) in [7, 11) is 8.57. The lowest BCUT2D eigenvalue weighted by Gasteiger charge is -2.08. The van der Waals surface area contributed by atoms with Crippen molar-refractivity contribution in [3.05, 3.63) is 24.3 Å². The number of benzene rings is 2. The van der Waals surface area contributed by atoms with Crippen LogP contribution in [0.3, 0.4) is 0 Å². The van der Waals surface area contributed by atoms with E-state index in [4.69, 9.17) is 18.9 Å². The summed E-state index contributed by atoms with van der Waals surface area (Å²) in [5, 5.41) is 2.16. The quantitative estimate of drug-likeness (QED) is 0.741. The zero-order chi connectivity index (χ0) is 15.9. The Labute approximate surface area is 128 Å². The van der Waals surface area contributed by atoms with Gasteiger partial charge in [-0.1, -0.05) is 0 Å². The molecule has 3 rings (SSSR count). The Morgan fingerprint density at radius 3 is 1.23 bits per heavy atom. The van der Waals surface area contributed by atoms with E-state index in [1.165, 1.54) is 0 Å². The van der Waals surface area contributed by atoms with Crippen LogP contribution in [0.2, 0.25) is 0 Å². The number of hydrogen-bond acceptors (Lipinski definition) is 4. The van der Waals surface area contributed by atoms with Crippen LogP contribution in [0, 0.1) is 0 Å². The fourth-order valence-corrected chi connectivity index (χ4v) is 2.85. The Hall–Kier alpha value is -2.56. The van der Waals surface area contributed by atoms with Crippen LogP contribution < -0.4 is 18.9 Å². The number of aromatic nitrogens is 1. The highest BCUT2D eigenvalue weighted by molar-refractivity contribution is 6.10. The first-order chi connectivity index (χ1) is 10.6. The molecule has 5 heteroatoms. The molecule has 0 amide bonds. The topological polar surface area (TPSA) is 41.9 Å². The second-order valence-corrected chi connectivity index (χ2v) is 5.01. The largest absolute Gasteiger partial charge is 0.493 e. The number of aryl methyl sites for hydroxylation is 1. The van der Waals surface area contributed by atoms with Gasteiger partial charge in [-0.05, 0) is 12.1 Å². The molecule has 0 aliphatic heterocycles. The number of methoxy groups -OCH3 is 4. The van der Waals surface area contributed by atoms with Gasteiger partial charge < -0.3 is 23.5 Å². The van der Waals surface area contributed by atoms with E-state index < -0.39 is 0 Å². The first-order valence-electron chi connectivity index (χ1n) is 6.90. The molecule has 1 aromatic heterocycles. The van der Waals surface area contributed by atoms with Crippen LogP contribution in [-0.2, 0) is 7.05 Å². The molecule has 0 unspecified atom stereocenters. The third kappa shape index (κ3) is 1.93. The summed E-state index contributed by atoms with van der Waals surface area (Å²) < 4.78 is 23.7. The Bertz CT molecular complexity index is 782. The fourth-order valence-electron chi connectivity index (χ4n) is 2.85. The number of hydrogen-bond donors (Lipinski definition) is 0. The van der Waals surface area contributed by atoms with Gasteiger partial charge in [0.05, 0.1) is 39.5 Å². The molecule has 0 radical (unpaired) electrons. The smallest absolute Gasteiger partial charge is 0.162 e. The lowest BCUT2D eigenvalue weighted by atomic mass is 10.1. The monoisotopic (exact) mass is 301 g/mol. The maximum absolute atomic E-state index is 5.41. The predicted molar refractivity (Wildman–Crippen MR) is 86.6 cm³/mol. The van der Waals surface area contributed by atoms with Crippen molar-refractivity contribution in [2.75, 3.05) is 28.4 Å². The lowest BCUT2D eigenvalue weighted by molar-refractivity contribution is 0.355. The summed E-state index contributed by atoms with van der Waals surface area (Å²) in [6, 6.07) is 7.94. The van der Waals surface area contributed by atoms with E-state index in [9.17, 15) is 0 Å². The van der Waals surface area contributed by atoms with Gasteiger partial charge in [-0.2, -0.15) is 0 Å². The van der Waals surface area contributed by atoms with E-state index in [2.05, 4.69) is 4.57 Å². The van der Waals surface area contributed by atoms with Crippen LogP contribution in [0.15, 0.2) is 24.3 Å². The van der Waals surface area contributed by atoms with Crippen molar-refractivity contribution >= 4 is 21.8 Å². The molecule has 0 saturated carbocycles. The highest BCUT2D eigenvalue weighted by Gasteiger charge is 2.16. The van der Waals surface area contributed by atoms with E-state index in [1.807, 2.05) is 31.3 Å². The average molecular weight is 301 g/mol.